The zero-order valence-electron chi connectivity index (χ0n) is 13.3. The molecule has 1 aromatic heterocycles. The summed E-state index contributed by atoms with van der Waals surface area (Å²) in [6, 6.07) is 10.5. The van der Waals surface area contributed by atoms with Crippen LogP contribution in [-0.4, -0.2) is 26.5 Å². The van der Waals surface area contributed by atoms with Crippen molar-refractivity contribution in [2.45, 2.75) is 18.8 Å². The van der Waals surface area contributed by atoms with Crippen LogP contribution in [0.1, 0.15) is 16.7 Å². The molecule has 0 spiro atoms. The highest BCUT2D eigenvalue weighted by Crippen LogP contribution is 2.07. The highest BCUT2D eigenvalue weighted by molar-refractivity contribution is 7.88. The van der Waals surface area contributed by atoms with Crippen molar-refractivity contribution in [2.24, 2.45) is 0 Å². The van der Waals surface area contributed by atoms with Crippen LogP contribution in [0.3, 0.4) is 0 Å². The summed E-state index contributed by atoms with van der Waals surface area (Å²) in [4.78, 5) is 15.7. The number of carbonyl (C=O) groups is 1. The Morgan fingerprint density at radius 1 is 1.00 bits per heavy atom. The molecule has 0 aliphatic rings. The summed E-state index contributed by atoms with van der Waals surface area (Å²) < 4.78 is 25.2. The summed E-state index contributed by atoms with van der Waals surface area (Å²) in [6.07, 6.45) is 3.37. The van der Waals surface area contributed by atoms with Gasteiger partial charge < -0.3 is 10.6 Å². The van der Waals surface area contributed by atoms with E-state index in [2.05, 4.69) is 20.3 Å². The molecule has 0 aliphatic carbocycles. The van der Waals surface area contributed by atoms with Crippen LogP contribution in [0.4, 0.5) is 4.79 Å². The Morgan fingerprint density at radius 3 is 2.21 bits per heavy atom. The number of pyridine rings is 1. The first kappa shape index (κ1) is 17.9. The molecule has 3 N–H and O–H groups in total. The molecule has 0 bridgehead atoms. The average molecular weight is 348 g/mol. The molecule has 128 valence electrons. The lowest BCUT2D eigenvalue weighted by molar-refractivity contribution is 0.240. The van der Waals surface area contributed by atoms with Gasteiger partial charge in [-0.25, -0.2) is 17.9 Å². The summed E-state index contributed by atoms with van der Waals surface area (Å²) in [6.45, 7) is 0.762. The Labute approximate surface area is 141 Å². The monoisotopic (exact) mass is 348 g/mol. The highest BCUT2D eigenvalue weighted by atomic mass is 32.2. The molecule has 2 amide bonds. The molecule has 2 rings (SSSR count). The van der Waals surface area contributed by atoms with E-state index in [0.717, 1.165) is 11.1 Å². The van der Waals surface area contributed by atoms with E-state index in [1.165, 1.54) is 7.05 Å². The third-order valence-electron chi connectivity index (χ3n) is 3.32. The third-order valence-corrected chi connectivity index (χ3v) is 4.65. The van der Waals surface area contributed by atoms with Crippen LogP contribution in [-0.2, 0) is 28.9 Å². The predicted octanol–water partition coefficient (Wildman–Crippen LogP) is 1.13. The number of amides is 2. The minimum absolute atomic E-state index is 0.0667. The average Bonchev–Trinajstić information content (AvgIpc) is 2.60. The predicted molar refractivity (Wildman–Crippen MR) is 91.4 cm³/mol. The van der Waals surface area contributed by atoms with E-state index in [4.69, 9.17) is 0 Å². The zero-order valence-corrected chi connectivity index (χ0v) is 14.1. The van der Waals surface area contributed by atoms with E-state index >= 15 is 0 Å². The number of sulfonamides is 1. The van der Waals surface area contributed by atoms with E-state index in [1.807, 2.05) is 12.1 Å². The van der Waals surface area contributed by atoms with Gasteiger partial charge in [-0.1, -0.05) is 30.3 Å². The first-order valence-electron chi connectivity index (χ1n) is 7.38. The van der Waals surface area contributed by atoms with E-state index in [-0.39, 0.29) is 11.8 Å². The second-order valence-electron chi connectivity index (χ2n) is 5.18. The van der Waals surface area contributed by atoms with Crippen molar-refractivity contribution in [1.29, 1.82) is 0 Å². The standard InChI is InChI=1S/C16H20N4O3S/c1-17-24(22,23)12-14-6-4-13(5-7-14)10-19-16(21)20-11-15-3-2-8-18-9-15/h2-9,17H,10-12H2,1H3,(H2,19,20,21). The maximum Gasteiger partial charge on any atom is 0.315 e. The minimum atomic E-state index is -3.28. The fraction of sp³-hybridized carbons (Fsp3) is 0.250. The van der Waals surface area contributed by atoms with Crippen molar-refractivity contribution in [3.05, 3.63) is 65.5 Å². The van der Waals surface area contributed by atoms with Gasteiger partial charge in [0.25, 0.3) is 0 Å². The molecule has 2 aromatic rings. The quantitative estimate of drug-likeness (QED) is 0.698. The van der Waals surface area contributed by atoms with Crippen molar-refractivity contribution < 1.29 is 13.2 Å². The Morgan fingerprint density at radius 2 is 1.62 bits per heavy atom. The fourth-order valence-electron chi connectivity index (χ4n) is 1.97. The van der Waals surface area contributed by atoms with Gasteiger partial charge in [0.1, 0.15) is 0 Å². The molecule has 0 atom stereocenters. The van der Waals surface area contributed by atoms with Crippen LogP contribution in [0.2, 0.25) is 0 Å². The second kappa shape index (κ2) is 8.42. The largest absolute Gasteiger partial charge is 0.334 e. The molecule has 0 unspecified atom stereocenters. The second-order valence-corrected chi connectivity index (χ2v) is 7.10. The van der Waals surface area contributed by atoms with Crippen molar-refractivity contribution >= 4 is 16.1 Å². The van der Waals surface area contributed by atoms with E-state index in [9.17, 15) is 13.2 Å². The summed E-state index contributed by atoms with van der Waals surface area (Å²) in [7, 11) is -1.89. The zero-order chi connectivity index (χ0) is 17.4. The number of aromatic nitrogens is 1. The Balaban J connectivity index is 1.78. The highest BCUT2D eigenvalue weighted by Gasteiger charge is 2.08. The van der Waals surface area contributed by atoms with E-state index in [1.54, 1.807) is 36.7 Å². The Kier molecular flexibility index (Phi) is 6.28. The maximum atomic E-state index is 11.8. The molecule has 0 fully saturated rings. The number of hydrogen-bond acceptors (Lipinski definition) is 4. The molecule has 7 nitrogen and oxygen atoms in total. The molecular formula is C16H20N4O3S. The van der Waals surface area contributed by atoms with E-state index in [0.29, 0.717) is 18.7 Å². The number of nitrogens with one attached hydrogen (secondary N) is 3. The number of rotatable bonds is 7. The number of benzene rings is 1. The van der Waals surface area contributed by atoms with Gasteiger partial charge in [-0.3, -0.25) is 4.98 Å². The van der Waals surface area contributed by atoms with Crippen LogP contribution in [0.15, 0.2) is 48.8 Å². The van der Waals surface area contributed by atoms with Crippen molar-refractivity contribution in [2.75, 3.05) is 7.05 Å². The van der Waals surface area contributed by atoms with Crippen LogP contribution >= 0.6 is 0 Å². The summed E-state index contributed by atoms with van der Waals surface area (Å²) in [5.74, 6) is -0.0667. The van der Waals surface area contributed by atoms with Gasteiger partial charge in [0, 0.05) is 25.5 Å². The van der Waals surface area contributed by atoms with E-state index < -0.39 is 10.0 Å². The summed E-state index contributed by atoms with van der Waals surface area (Å²) in [5.41, 5.74) is 2.49. The fourth-order valence-corrected chi connectivity index (χ4v) is 2.75. The van der Waals surface area contributed by atoms with Crippen molar-refractivity contribution in [3.8, 4) is 0 Å². The van der Waals surface area contributed by atoms with Gasteiger partial charge in [-0.2, -0.15) is 0 Å². The van der Waals surface area contributed by atoms with Gasteiger partial charge >= 0.3 is 6.03 Å². The SMILES string of the molecule is CNS(=O)(=O)Cc1ccc(CNC(=O)NCc2cccnc2)cc1. The molecule has 0 radical (unpaired) electrons. The van der Waals surface area contributed by atoms with Crippen LogP contribution in [0, 0.1) is 0 Å². The molecule has 1 aromatic carbocycles. The summed E-state index contributed by atoms with van der Waals surface area (Å²) in [5, 5.41) is 5.49. The maximum absolute atomic E-state index is 11.8. The number of carbonyl (C=O) groups excluding carboxylic acids is 1. The Hall–Kier alpha value is -2.45. The normalized spacial score (nSPS) is 11.0. The Bertz CT molecular complexity index is 762. The van der Waals surface area contributed by atoms with Crippen molar-refractivity contribution in [1.82, 2.24) is 20.3 Å². The topological polar surface area (TPSA) is 100 Å². The molecular weight excluding hydrogens is 328 g/mol. The lowest BCUT2D eigenvalue weighted by Gasteiger charge is -2.08. The third kappa shape index (κ3) is 5.98. The van der Waals surface area contributed by atoms with Gasteiger partial charge in [0.15, 0.2) is 0 Å². The first-order chi connectivity index (χ1) is 11.5. The summed E-state index contributed by atoms with van der Waals surface area (Å²) >= 11 is 0. The van der Waals surface area contributed by atoms with Gasteiger partial charge in [0.2, 0.25) is 10.0 Å². The van der Waals surface area contributed by atoms with Crippen molar-refractivity contribution in [3.63, 3.8) is 0 Å². The van der Waals surface area contributed by atoms with Crippen LogP contribution in [0.5, 0.6) is 0 Å². The molecule has 0 saturated heterocycles. The lowest BCUT2D eigenvalue weighted by atomic mass is 10.1. The van der Waals surface area contributed by atoms with Gasteiger partial charge in [0.05, 0.1) is 5.75 Å². The number of urea groups is 1. The van der Waals surface area contributed by atoms with Crippen LogP contribution in [0.25, 0.3) is 0 Å². The first-order valence-corrected chi connectivity index (χ1v) is 9.03. The molecule has 0 saturated carbocycles. The number of nitrogens with zero attached hydrogens (tertiary/aromatic N) is 1. The smallest absolute Gasteiger partial charge is 0.315 e. The van der Waals surface area contributed by atoms with Gasteiger partial charge in [-0.15, -0.1) is 0 Å². The molecule has 0 aliphatic heterocycles. The number of hydrogen-bond donors (Lipinski definition) is 3. The lowest BCUT2D eigenvalue weighted by Crippen LogP contribution is -2.34. The molecule has 8 heteroatoms. The van der Waals surface area contributed by atoms with Crippen LogP contribution < -0.4 is 15.4 Å². The molecule has 1 heterocycles. The minimum Gasteiger partial charge on any atom is -0.334 e. The van der Waals surface area contributed by atoms with Gasteiger partial charge in [-0.05, 0) is 29.8 Å². The molecule has 24 heavy (non-hydrogen) atoms.